The third-order valence-corrected chi connectivity index (χ3v) is 12.3. The summed E-state index contributed by atoms with van der Waals surface area (Å²) < 4.78 is 0. The van der Waals surface area contributed by atoms with Crippen molar-refractivity contribution in [3.05, 3.63) is 271 Å². The number of hydrogen-bond acceptors (Lipinski definition) is 1. The van der Waals surface area contributed by atoms with Crippen LogP contribution in [0.4, 0.5) is 17.1 Å². The van der Waals surface area contributed by atoms with Crippen LogP contribution >= 0.6 is 0 Å². The van der Waals surface area contributed by atoms with Crippen molar-refractivity contribution in [2.24, 2.45) is 0 Å². The minimum atomic E-state index is -0.525. The van der Waals surface area contributed by atoms with E-state index in [9.17, 15) is 0 Å². The predicted octanol–water partition coefficient (Wildman–Crippen LogP) is 15.7. The molecule has 282 valence electrons. The lowest BCUT2D eigenvalue weighted by Gasteiger charge is -2.34. The van der Waals surface area contributed by atoms with Crippen LogP contribution in [-0.2, 0) is 5.41 Å². The fourth-order valence-corrected chi connectivity index (χ4v) is 9.75. The van der Waals surface area contributed by atoms with Crippen LogP contribution < -0.4 is 4.90 Å². The lowest BCUT2D eigenvalue weighted by Crippen LogP contribution is -2.28. The first-order valence-electron chi connectivity index (χ1n) is 20.8. The van der Waals surface area contributed by atoms with E-state index >= 15 is 0 Å². The van der Waals surface area contributed by atoms with Gasteiger partial charge in [0.05, 0.1) is 16.8 Å². The van der Waals surface area contributed by atoms with Gasteiger partial charge >= 0.3 is 0 Å². The average Bonchev–Trinajstić information content (AvgIpc) is 3.64. The first-order chi connectivity index (χ1) is 29.8. The van der Waals surface area contributed by atoms with Gasteiger partial charge in [-0.25, -0.2) is 0 Å². The van der Waals surface area contributed by atoms with E-state index < -0.39 is 5.41 Å². The molecule has 1 aliphatic carbocycles. The summed E-state index contributed by atoms with van der Waals surface area (Å²) in [7, 11) is 0. The summed E-state index contributed by atoms with van der Waals surface area (Å²) in [5.74, 6) is 0. The lowest BCUT2D eigenvalue weighted by molar-refractivity contribution is 0.768. The van der Waals surface area contributed by atoms with E-state index in [2.05, 4.69) is 254 Å². The highest BCUT2D eigenvalue weighted by Crippen LogP contribution is 2.60. The molecule has 10 aromatic rings. The second kappa shape index (κ2) is 14.9. The average molecular weight is 764 g/mol. The number of anilines is 3. The van der Waals surface area contributed by atoms with E-state index in [1.165, 1.54) is 72.0 Å². The zero-order valence-electron chi connectivity index (χ0n) is 33.1. The molecule has 0 atom stereocenters. The molecule has 0 amide bonds. The van der Waals surface area contributed by atoms with Crippen molar-refractivity contribution in [3.8, 4) is 44.5 Å². The molecule has 0 aliphatic heterocycles. The second-order valence-corrected chi connectivity index (χ2v) is 15.6. The Bertz CT molecular complexity index is 3110. The van der Waals surface area contributed by atoms with Gasteiger partial charge in [0.25, 0.3) is 0 Å². The SMILES string of the molecule is c1ccc(-c2ccccc2-c2ccccc2N(c2cccc(-c3ccc4ccccc4c3)c2)c2cccc3c2-c2ccccc2C3(c2ccccc2)c2ccccc2)cc1. The van der Waals surface area contributed by atoms with Gasteiger partial charge in [-0.2, -0.15) is 0 Å². The van der Waals surface area contributed by atoms with Crippen LogP contribution in [0.2, 0.25) is 0 Å². The van der Waals surface area contributed by atoms with Crippen molar-refractivity contribution < 1.29 is 0 Å². The van der Waals surface area contributed by atoms with Crippen LogP contribution in [-0.4, -0.2) is 0 Å². The molecule has 60 heavy (non-hydrogen) atoms. The topological polar surface area (TPSA) is 3.24 Å². The molecule has 0 heterocycles. The Balaban J connectivity index is 1.21. The molecular weight excluding hydrogens is 723 g/mol. The fourth-order valence-electron chi connectivity index (χ4n) is 9.75. The third-order valence-electron chi connectivity index (χ3n) is 12.3. The maximum Gasteiger partial charge on any atom is 0.0714 e. The largest absolute Gasteiger partial charge is 0.309 e. The Labute approximate surface area is 352 Å². The van der Waals surface area contributed by atoms with Gasteiger partial charge in [-0.05, 0) is 96.7 Å². The Kier molecular flexibility index (Phi) is 8.79. The summed E-state index contributed by atoms with van der Waals surface area (Å²) in [5.41, 5.74) is 17.5. The van der Waals surface area contributed by atoms with Crippen LogP contribution in [0.25, 0.3) is 55.3 Å². The zero-order valence-corrected chi connectivity index (χ0v) is 33.1. The summed E-state index contributed by atoms with van der Waals surface area (Å²) in [5, 5.41) is 2.47. The molecule has 0 saturated carbocycles. The van der Waals surface area contributed by atoms with E-state index in [1.54, 1.807) is 0 Å². The number of benzene rings is 10. The van der Waals surface area contributed by atoms with E-state index in [0.717, 1.165) is 22.6 Å². The van der Waals surface area contributed by atoms with Crippen molar-refractivity contribution in [3.63, 3.8) is 0 Å². The van der Waals surface area contributed by atoms with Crippen LogP contribution in [0.5, 0.6) is 0 Å². The smallest absolute Gasteiger partial charge is 0.0714 e. The van der Waals surface area contributed by atoms with Gasteiger partial charge in [0.1, 0.15) is 0 Å². The van der Waals surface area contributed by atoms with E-state index in [4.69, 9.17) is 0 Å². The minimum absolute atomic E-state index is 0.525. The maximum atomic E-state index is 2.52. The fraction of sp³-hybridized carbons (Fsp3) is 0.0169. The molecule has 0 N–H and O–H groups in total. The summed E-state index contributed by atoms with van der Waals surface area (Å²) in [6.45, 7) is 0. The van der Waals surface area contributed by atoms with Gasteiger partial charge in [-0.15, -0.1) is 0 Å². The first-order valence-corrected chi connectivity index (χ1v) is 20.8. The molecule has 0 bridgehead atoms. The Morgan fingerprint density at radius 1 is 0.283 bits per heavy atom. The first kappa shape index (κ1) is 35.4. The quantitative estimate of drug-likeness (QED) is 0.149. The van der Waals surface area contributed by atoms with Crippen molar-refractivity contribution in [1.82, 2.24) is 0 Å². The van der Waals surface area contributed by atoms with Crippen LogP contribution in [0.15, 0.2) is 249 Å². The molecule has 1 nitrogen and oxygen atoms in total. The van der Waals surface area contributed by atoms with E-state index in [0.29, 0.717) is 0 Å². The van der Waals surface area contributed by atoms with Crippen LogP contribution in [0.3, 0.4) is 0 Å². The summed E-state index contributed by atoms with van der Waals surface area (Å²) >= 11 is 0. The highest BCUT2D eigenvalue weighted by atomic mass is 15.1. The van der Waals surface area contributed by atoms with E-state index in [-0.39, 0.29) is 0 Å². The van der Waals surface area contributed by atoms with Crippen molar-refractivity contribution in [2.45, 2.75) is 5.41 Å². The molecule has 0 aromatic heterocycles. The predicted molar refractivity (Wildman–Crippen MR) is 252 cm³/mol. The molecule has 0 saturated heterocycles. The molecule has 0 fully saturated rings. The standard InChI is InChI=1S/C59H41N/c1-4-21-43(22-5-1)50-30-12-13-31-51(50)52-32-15-17-36-56(52)60(49-29-18-24-45(41-49)46-39-38-42-20-10-11-23-44(42)40-46)57-37-19-35-55-58(57)53-33-14-16-34-54(53)59(55,47-25-6-2-7-26-47)48-27-8-3-9-28-48/h1-41H. The molecule has 11 rings (SSSR count). The van der Waals surface area contributed by atoms with Crippen LogP contribution in [0.1, 0.15) is 22.3 Å². The molecule has 0 radical (unpaired) electrons. The number of fused-ring (bicyclic) bond motifs is 4. The third kappa shape index (κ3) is 5.78. The zero-order chi connectivity index (χ0) is 39.9. The molecule has 0 spiro atoms. The number of nitrogens with zero attached hydrogens (tertiary/aromatic N) is 1. The van der Waals surface area contributed by atoms with E-state index in [1.807, 2.05) is 0 Å². The Morgan fingerprint density at radius 2 is 0.800 bits per heavy atom. The van der Waals surface area contributed by atoms with Gasteiger partial charge < -0.3 is 4.90 Å². The lowest BCUT2D eigenvalue weighted by atomic mass is 9.68. The highest BCUT2D eigenvalue weighted by Gasteiger charge is 2.47. The van der Waals surface area contributed by atoms with Crippen molar-refractivity contribution in [2.75, 3.05) is 4.90 Å². The van der Waals surface area contributed by atoms with Crippen molar-refractivity contribution >= 4 is 27.8 Å². The van der Waals surface area contributed by atoms with Gasteiger partial charge in [-0.3, -0.25) is 0 Å². The van der Waals surface area contributed by atoms with Gasteiger partial charge in [0.15, 0.2) is 0 Å². The number of para-hydroxylation sites is 1. The highest BCUT2D eigenvalue weighted by molar-refractivity contribution is 6.01. The van der Waals surface area contributed by atoms with Crippen LogP contribution in [0, 0.1) is 0 Å². The monoisotopic (exact) mass is 763 g/mol. The summed E-state index contributed by atoms with van der Waals surface area (Å²) in [4.78, 5) is 2.52. The normalized spacial score (nSPS) is 12.5. The molecule has 1 aliphatic rings. The number of rotatable bonds is 8. The molecular formula is C59H41N. The molecule has 10 aromatic carbocycles. The molecule has 0 unspecified atom stereocenters. The second-order valence-electron chi connectivity index (χ2n) is 15.6. The Morgan fingerprint density at radius 3 is 1.55 bits per heavy atom. The Hall–Kier alpha value is -7.74. The minimum Gasteiger partial charge on any atom is -0.309 e. The molecule has 1 heteroatoms. The summed E-state index contributed by atoms with van der Waals surface area (Å²) in [6.07, 6.45) is 0. The number of hydrogen-bond donors (Lipinski definition) is 0. The summed E-state index contributed by atoms with van der Waals surface area (Å²) in [6, 6.07) is 91.1. The van der Waals surface area contributed by atoms with Gasteiger partial charge in [-0.1, -0.05) is 218 Å². The van der Waals surface area contributed by atoms with Gasteiger partial charge in [0.2, 0.25) is 0 Å². The van der Waals surface area contributed by atoms with Crippen molar-refractivity contribution in [1.29, 1.82) is 0 Å². The maximum absolute atomic E-state index is 2.52. The van der Waals surface area contributed by atoms with Gasteiger partial charge in [0, 0.05) is 16.8 Å².